The zero-order valence-electron chi connectivity index (χ0n) is 15.0. The van der Waals surface area contributed by atoms with E-state index in [2.05, 4.69) is 51.3 Å². The molecule has 0 fully saturated rings. The lowest BCUT2D eigenvalue weighted by Gasteiger charge is -2.07. The highest BCUT2D eigenvalue weighted by molar-refractivity contribution is 7.98. The molecule has 3 nitrogen and oxygen atoms in total. The molecular formula is C21H18ClN3S2. The number of benzene rings is 2. The smallest absolute Gasteiger partial charge is 0.191 e. The second-order valence-corrected chi connectivity index (χ2v) is 8.63. The van der Waals surface area contributed by atoms with Crippen molar-refractivity contribution in [2.45, 2.75) is 17.8 Å². The van der Waals surface area contributed by atoms with Gasteiger partial charge in [0.05, 0.1) is 0 Å². The molecule has 0 unspecified atom stereocenters. The minimum Gasteiger partial charge on any atom is -0.305 e. The number of hydrogen-bond donors (Lipinski definition) is 0. The average molecular weight is 412 g/mol. The van der Waals surface area contributed by atoms with Gasteiger partial charge < -0.3 is 4.57 Å². The fraction of sp³-hybridized carbons (Fsp3) is 0.143. The quantitative estimate of drug-likeness (QED) is 0.353. The molecule has 2 aromatic heterocycles. The van der Waals surface area contributed by atoms with Gasteiger partial charge in [0.1, 0.15) is 0 Å². The monoisotopic (exact) mass is 411 g/mol. The third kappa shape index (κ3) is 3.68. The van der Waals surface area contributed by atoms with E-state index in [9.17, 15) is 0 Å². The lowest BCUT2D eigenvalue weighted by atomic mass is 10.0. The number of thioether (sulfide) groups is 1. The molecule has 0 amide bonds. The molecule has 0 aliphatic heterocycles. The molecule has 0 saturated heterocycles. The number of hydrogen-bond acceptors (Lipinski definition) is 4. The molecule has 0 N–H and O–H groups in total. The highest BCUT2D eigenvalue weighted by Crippen LogP contribution is 2.39. The second kappa shape index (κ2) is 7.89. The van der Waals surface area contributed by atoms with E-state index in [4.69, 9.17) is 11.6 Å². The summed E-state index contributed by atoms with van der Waals surface area (Å²) < 4.78 is 2.06. The van der Waals surface area contributed by atoms with Crippen molar-refractivity contribution < 1.29 is 0 Å². The van der Waals surface area contributed by atoms with Crippen LogP contribution in [0.25, 0.3) is 22.5 Å². The number of thiophene rings is 1. The van der Waals surface area contributed by atoms with Crippen molar-refractivity contribution in [3.05, 3.63) is 75.4 Å². The van der Waals surface area contributed by atoms with Crippen LogP contribution in [0.2, 0.25) is 5.02 Å². The molecule has 0 saturated carbocycles. The van der Waals surface area contributed by atoms with Gasteiger partial charge in [-0.15, -0.1) is 21.5 Å². The number of nitrogens with zero attached hydrogens (tertiary/aromatic N) is 3. The summed E-state index contributed by atoms with van der Waals surface area (Å²) in [5.74, 6) is 1.65. The first-order valence-corrected chi connectivity index (χ1v) is 10.8. The van der Waals surface area contributed by atoms with Crippen LogP contribution in [0.1, 0.15) is 10.4 Å². The van der Waals surface area contributed by atoms with Crippen molar-refractivity contribution in [3.8, 4) is 22.5 Å². The molecule has 4 aromatic rings. The maximum Gasteiger partial charge on any atom is 0.191 e. The molecule has 0 bridgehead atoms. The lowest BCUT2D eigenvalue weighted by molar-refractivity contribution is 0.794. The lowest BCUT2D eigenvalue weighted by Crippen LogP contribution is -1.96. The van der Waals surface area contributed by atoms with Crippen LogP contribution in [0.3, 0.4) is 0 Å². The van der Waals surface area contributed by atoms with Crippen molar-refractivity contribution in [2.24, 2.45) is 7.05 Å². The summed E-state index contributed by atoms with van der Waals surface area (Å²) in [7, 11) is 2.02. The van der Waals surface area contributed by atoms with Gasteiger partial charge in [-0.2, -0.15) is 0 Å². The van der Waals surface area contributed by atoms with E-state index >= 15 is 0 Å². The van der Waals surface area contributed by atoms with E-state index in [-0.39, 0.29) is 0 Å². The Morgan fingerprint density at radius 1 is 1.04 bits per heavy atom. The SMILES string of the molecule is Cc1scc(-c2nnc(SCc3ccccc3Cl)n2C)c1-c1ccccc1. The zero-order chi connectivity index (χ0) is 18.8. The Morgan fingerprint density at radius 2 is 1.78 bits per heavy atom. The third-order valence-electron chi connectivity index (χ3n) is 4.43. The molecule has 2 aromatic carbocycles. The first-order valence-electron chi connectivity index (χ1n) is 8.54. The largest absolute Gasteiger partial charge is 0.305 e. The number of aromatic nitrogens is 3. The highest BCUT2D eigenvalue weighted by Gasteiger charge is 2.19. The van der Waals surface area contributed by atoms with Crippen molar-refractivity contribution in [1.29, 1.82) is 0 Å². The Balaban J connectivity index is 1.65. The molecule has 0 atom stereocenters. The Labute approximate surface area is 172 Å². The maximum absolute atomic E-state index is 6.27. The second-order valence-electron chi connectivity index (χ2n) is 6.19. The average Bonchev–Trinajstić information content (AvgIpc) is 3.24. The Bertz CT molecular complexity index is 1070. The molecule has 4 rings (SSSR count). The number of halogens is 1. The molecule has 6 heteroatoms. The van der Waals surface area contributed by atoms with Crippen LogP contribution in [0.4, 0.5) is 0 Å². The predicted molar refractivity (Wildman–Crippen MR) is 116 cm³/mol. The summed E-state index contributed by atoms with van der Waals surface area (Å²) in [6, 6.07) is 18.4. The van der Waals surface area contributed by atoms with Crippen molar-refractivity contribution >= 4 is 34.7 Å². The van der Waals surface area contributed by atoms with Gasteiger partial charge in [0.2, 0.25) is 0 Å². The molecule has 0 spiro atoms. The van der Waals surface area contributed by atoms with Gasteiger partial charge in [0.25, 0.3) is 0 Å². The molecule has 136 valence electrons. The van der Waals surface area contributed by atoms with E-state index < -0.39 is 0 Å². The Kier molecular flexibility index (Phi) is 5.34. The summed E-state index contributed by atoms with van der Waals surface area (Å²) in [4.78, 5) is 1.28. The summed E-state index contributed by atoms with van der Waals surface area (Å²) in [6.07, 6.45) is 0. The van der Waals surface area contributed by atoms with E-state index in [1.165, 1.54) is 16.0 Å². The van der Waals surface area contributed by atoms with Crippen molar-refractivity contribution in [1.82, 2.24) is 14.8 Å². The van der Waals surface area contributed by atoms with E-state index in [0.29, 0.717) is 0 Å². The van der Waals surface area contributed by atoms with E-state index in [1.807, 2.05) is 37.4 Å². The van der Waals surface area contributed by atoms with Crippen LogP contribution < -0.4 is 0 Å². The zero-order valence-corrected chi connectivity index (χ0v) is 17.4. The molecular weight excluding hydrogens is 394 g/mol. The van der Waals surface area contributed by atoms with E-state index in [1.54, 1.807) is 23.1 Å². The fourth-order valence-corrected chi connectivity index (χ4v) is 5.08. The summed E-state index contributed by atoms with van der Waals surface area (Å²) in [5, 5.41) is 12.7. The van der Waals surface area contributed by atoms with Gasteiger partial charge >= 0.3 is 0 Å². The van der Waals surface area contributed by atoms with Gasteiger partial charge in [-0.1, -0.05) is 71.9 Å². The first kappa shape index (κ1) is 18.3. The van der Waals surface area contributed by atoms with Gasteiger partial charge in [-0.25, -0.2) is 0 Å². The minimum absolute atomic E-state index is 0.764. The van der Waals surface area contributed by atoms with E-state index in [0.717, 1.165) is 32.9 Å². The molecule has 0 aliphatic rings. The van der Waals surface area contributed by atoms with Gasteiger partial charge in [-0.05, 0) is 24.1 Å². The summed E-state index contributed by atoms with van der Waals surface area (Å²) in [6.45, 7) is 2.15. The molecule has 0 aliphatic carbocycles. The van der Waals surface area contributed by atoms with Crippen molar-refractivity contribution in [3.63, 3.8) is 0 Å². The topological polar surface area (TPSA) is 30.7 Å². The molecule has 2 heterocycles. The normalized spacial score (nSPS) is 11.1. The van der Waals surface area contributed by atoms with Crippen LogP contribution in [0.15, 0.2) is 65.1 Å². The van der Waals surface area contributed by atoms with Crippen LogP contribution >= 0.6 is 34.7 Å². The molecule has 0 radical (unpaired) electrons. The van der Waals surface area contributed by atoms with Crippen molar-refractivity contribution in [2.75, 3.05) is 0 Å². The van der Waals surface area contributed by atoms with Gasteiger partial charge in [0, 0.05) is 39.2 Å². The predicted octanol–water partition coefficient (Wildman–Crippen LogP) is 6.46. The van der Waals surface area contributed by atoms with Crippen LogP contribution in [0.5, 0.6) is 0 Å². The Morgan fingerprint density at radius 3 is 2.56 bits per heavy atom. The Hall–Kier alpha value is -2.08. The highest BCUT2D eigenvalue weighted by atomic mass is 35.5. The summed E-state index contributed by atoms with van der Waals surface area (Å²) >= 11 is 9.66. The third-order valence-corrected chi connectivity index (χ3v) is 6.78. The molecule has 27 heavy (non-hydrogen) atoms. The minimum atomic E-state index is 0.764. The van der Waals surface area contributed by atoms with Crippen LogP contribution in [-0.2, 0) is 12.8 Å². The van der Waals surface area contributed by atoms with Crippen LogP contribution in [0, 0.1) is 6.92 Å². The van der Waals surface area contributed by atoms with Crippen LogP contribution in [-0.4, -0.2) is 14.8 Å². The van der Waals surface area contributed by atoms with Gasteiger partial charge in [-0.3, -0.25) is 0 Å². The first-order chi connectivity index (χ1) is 13.1. The van der Waals surface area contributed by atoms with Gasteiger partial charge in [0.15, 0.2) is 11.0 Å². The maximum atomic E-state index is 6.27. The number of rotatable bonds is 5. The summed E-state index contributed by atoms with van der Waals surface area (Å²) in [5.41, 5.74) is 4.67. The fourth-order valence-electron chi connectivity index (χ4n) is 3.02. The number of aryl methyl sites for hydroxylation is 1. The standard InChI is InChI=1S/C21H18ClN3S2/c1-14-19(15-8-4-3-5-9-15)17(13-26-14)20-23-24-21(25(20)2)27-12-16-10-6-7-11-18(16)22/h3-11,13H,12H2,1-2H3.